The molecule has 3 aromatic carbocycles. The highest BCUT2D eigenvalue weighted by molar-refractivity contribution is 6.39. The molecule has 0 aliphatic carbocycles. The van der Waals surface area contributed by atoms with E-state index >= 15 is 0 Å². The first kappa shape index (κ1) is 21.7. The van der Waals surface area contributed by atoms with Gasteiger partial charge < -0.3 is 14.3 Å². The number of hydrogen-bond donors (Lipinski definition) is 2. The van der Waals surface area contributed by atoms with Gasteiger partial charge in [-0.25, -0.2) is 4.98 Å². The molecule has 1 amide bonds. The number of carbonyl (C=O) groups is 1. The van der Waals surface area contributed by atoms with Crippen LogP contribution in [0.4, 0.5) is 5.88 Å². The largest absolute Gasteiger partial charge is 0.508 e. The van der Waals surface area contributed by atoms with Gasteiger partial charge in [-0.15, -0.1) is 0 Å². The number of phenolic OH excluding ortho intramolecular Hbond substituents is 1. The van der Waals surface area contributed by atoms with Gasteiger partial charge in [-0.3, -0.25) is 10.1 Å². The van der Waals surface area contributed by atoms with Crippen molar-refractivity contribution in [3.63, 3.8) is 0 Å². The molecule has 4 aromatic rings. The minimum Gasteiger partial charge on any atom is -0.508 e. The summed E-state index contributed by atoms with van der Waals surface area (Å²) in [6.45, 7) is 0. The Kier molecular flexibility index (Phi) is 6.35. The highest BCUT2D eigenvalue weighted by atomic mass is 35.5. The lowest BCUT2D eigenvalue weighted by molar-refractivity contribution is -0.115. The molecular weight excluding hydrogens is 451 g/mol. The number of amides is 1. The molecule has 0 radical (unpaired) electrons. The summed E-state index contributed by atoms with van der Waals surface area (Å²) < 4.78 is 11.0. The van der Waals surface area contributed by atoms with Gasteiger partial charge in [0.15, 0.2) is 0 Å². The van der Waals surface area contributed by atoms with Gasteiger partial charge in [-0.2, -0.15) is 0 Å². The molecule has 32 heavy (non-hydrogen) atoms. The SMILES string of the molecule is COc1ccc(CC(=O)Nc2oc(-c3ccccc3)nc2-c2c(Cl)cccc2Cl)c(O)c1. The maximum atomic E-state index is 12.8. The molecule has 0 unspecified atom stereocenters. The van der Waals surface area contributed by atoms with Crippen molar-refractivity contribution in [3.8, 4) is 34.2 Å². The molecule has 0 bridgehead atoms. The number of methoxy groups -OCH3 is 1. The number of rotatable bonds is 6. The number of oxazole rings is 1. The van der Waals surface area contributed by atoms with Gasteiger partial charge >= 0.3 is 0 Å². The van der Waals surface area contributed by atoms with E-state index in [9.17, 15) is 9.90 Å². The van der Waals surface area contributed by atoms with E-state index < -0.39 is 5.91 Å². The van der Waals surface area contributed by atoms with E-state index in [-0.39, 0.29) is 18.1 Å². The van der Waals surface area contributed by atoms with Gasteiger partial charge in [0, 0.05) is 22.8 Å². The first-order valence-corrected chi connectivity index (χ1v) is 10.4. The van der Waals surface area contributed by atoms with E-state index in [2.05, 4.69) is 10.3 Å². The molecule has 0 fully saturated rings. The van der Waals surface area contributed by atoms with Crippen molar-refractivity contribution in [1.82, 2.24) is 4.98 Å². The lowest BCUT2D eigenvalue weighted by Gasteiger charge is -2.09. The van der Waals surface area contributed by atoms with E-state index in [1.807, 2.05) is 30.3 Å². The third-order valence-electron chi connectivity index (χ3n) is 4.74. The molecule has 0 spiro atoms. The second kappa shape index (κ2) is 9.34. The van der Waals surface area contributed by atoms with Crippen LogP contribution in [0, 0.1) is 0 Å². The number of anilines is 1. The summed E-state index contributed by atoms with van der Waals surface area (Å²) in [6.07, 6.45) is -0.0904. The molecular formula is C24H18Cl2N2O4. The van der Waals surface area contributed by atoms with Crippen LogP contribution < -0.4 is 10.1 Å². The fourth-order valence-electron chi connectivity index (χ4n) is 3.17. The monoisotopic (exact) mass is 468 g/mol. The predicted octanol–water partition coefficient (Wildman–Crippen LogP) is 6.21. The normalized spacial score (nSPS) is 10.7. The summed E-state index contributed by atoms with van der Waals surface area (Å²) in [6, 6.07) is 19.1. The van der Waals surface area contributed by atoms with E-state index in [0.29, 0.717) is 38.5 Å². The molecule has 1 aromatic heterocycles. The predicted molar refractivity (Wildman–Crippen MR) is 124 cm³/mol. The molecule has 0 aliphatic heterocycles. The molecule has 0 saturated carbocycles. The highest BCUT2D eigenvalue weighted by Gasteiger charge is 2.22. The van der Waals surface area contributed by atoms with Gasteiger partial charge in [0.25, 0.3) is 0 Å². The lowest BCUT2D eigenvalue weighted by Crippen LogP contribution is -2.14. The van der Waals surface area contributed by atoms with Gasteiger partial charge in [-0.05, 0) is 30.3 Å². The Morgan fingerprint density at radius 1 is 1.06 bits per heavy atom. The van der Waals surface area contributed by atoms with E-state index in [4.69, 9.17) is 32.4 Å². The van der Waals surface area contributed by atoms with Crippen LogP contribution in [0.2, 0.25) is 10.0 Å². The Bertz CT molecular complexity index is 1250. The van der Waals surface area contributed by atoms with E-state index in [0.717, 1.165) is 5.56 Å². The van der Waals surface area contributed by atoms with Crippen LogP contribution in [0.25, 0.3) is 22.7 Å². The fraction of sp³-hybridized carbons (Fsp3) is 0.0833. The third kappa shape index (κ3) is 4.56. The van der Waals surface area contributed by atoms with Crippen molar-refractivity contribution in [2.75, 3.05) is 12.4 Å². The molecule has 6 nitrogen and oxygen atoms in total. The van der Waals surface area contributed by atoms with Crippen molar-refractivity contribution >= 4 is 35.0 Å². The van der Waals surface area contributed by atoms with E-state index in [1.165, 1.54) is 13.2 Å². The Balaban J connectivity index is 1.69. The van der Waals surface area contributed by atoms with Crippen LogP contribution in [-0.2, 0) is 11.2 Å². The Labute approximate surface area is 194 Å². The number of halogens is 2. The first-order chi connectivity index (χ1) is 15.5. The zero-order valence-corrected chi connectivity index (χ0v) is 18.4. The summed E-state index contributed by atoms with van der Waals surface area (Å²) in [4.78, 5) is 17.3. The number of aromatic hydroxyl groups is 1. The maximum Gasteiger partial charge on any atom is 0.231 e. The summed E-state index contributed by atoms with van der Waals surface area (Å²) in [5, 5.41) is 13.6. The average Bonchev–Trinajstić information content (AvgIpc) is 3.19. The van der Waals surface area contributed by atoms with Crippen LogP contribution in [0.1, 0.15) is 5.56 Å². The standard InChI is InChI=1S/C24H18Cl2N2O4/c1-31-16-11-10-15(19(29)13-16)12-20(30)27-24-22(21-17(25)8-5-9-18(21)26)28-23(32-24)14-6-3-2-4-7-14/h2-11,13,29H,12H2,1H3,(H,27,30). The van der Waals surface area contributed by atoms with Crippen molar-refractivity contribution in [3.05, 3.63) is 82.3 Å². The van der Waals surface area contributed by atoms with Crippen LogP contribution >= 0.6 is 23.2 Å². The van der Waals surface area contributed by atoms with Gasteiger partial charge in [0.05, 0.1) is 23.6 Å². The maximum absolute atomic E-state index is 12.8. The van der Waals surface area contributed by atoms with Crippen LogP contribution in [0.3, 0.4) is 0 Å². The number of nitrogens with one attached hydrogen (secondary N) is 1. The van der Waals surface area contributed by atoms with E-state index in [1.54, 1.807) is 30.3 Å². The van der Waals surface area contributed by atoms with Gasteiger partial charge in [-0.1, -0.05) is 53.5 Å². The average molecular weight is 469 g/mol. The topological polar surface area (TPSA) is 84.6 Å². The fourth-order valence-corrected chi connectivity index (χ4v) is 3.74. The molecule has 162 valence electrons. The number of aromatic nitrogens is 1. The first-order valence-electron chi connectivity index (χ1n) is 9.62. The summed E-state index contributed by atoms with van der Waals surface area (Å²) in [5.41, 5.74) is 1.92. The zero-order valence-electron chi connectivity index (χ0n) is 16.9. The molecule has 4 rings (SSSR count). The number of hydrogen-bond acceptors (Lipinski definition) is 5. The number of benzene rings is 3. The second-order valence-electron chi connectivity index (χ2n) is 6.88. The molecule has 2 N–H and O–H groups in total. The second-order valence-corrected chi connectivity index (χ2v) is 7.69. The van der Waals surface area contributed by atoms with Crippen molar-refractivity contribution in [2.45, 2.75) is 6.42 Å². The van der Waals surface area contributed by atoms with Crippen molar-refractivity contribution in [1.29, 1.82) is 0 Å². The third-order valence-corrected chi connectivity index (χ3v) is 5.37. The van der Waals surface area contributed by atoms with Gasteiger partial charge in [0.1, 0.15) is 17.2 Å². The minimum atomic E-state index is -0.411. The van der Waals surface area contributed by atoms with Crippen molar-refractivity contribution < 1.29 is 19.1 Å². The number of carbonyl (C=O) groups excluding carboxylic acids is 1. The summed E-state index contributed by atoms with van der Waals surface area (Å²) in [7, 11) is 1.50. The van der Waals surface area contributed by atoms with Crippen LogP contribution in [0.15, 0.2) is 71.1 Å². The zero-order chi connectivity index (χ0) is 22.7. The smallest absolute Gasteiger partial charge is 0.231 e. The van der Waals surface area contributed by atoms with Crippen molar-refractivity contribution in [2.24, 2.45) is 0 Å². The minimum absolute atomic E-state index is 0.0450. The molecule has 1 heterocycles. The number of nitrogens with zero attached hydrogens (tertiary/aromatic N) is 1. The lowest BCUT2D eigenvalue weighted by atomic mass is 10.1. The molecule has 8 heteroatoms. The number of phenols is 1. The molecule has 0 atom stereocenters. The molecule has 0 saturated heterocycles. The number of ether oxygens (including phenoxy) is 1. The van der Waals surface area contributed by atoms with Crippen LogP contribution in [-0.4, -0.2) is 23.1 Å². The summed E-state index contributed by atoms with van der Waals surface area (Å²) in [5.74, 6) is 0.447. The Hall–Kier alpha value is -3.48. The van der Waals surface area contributed by atoms with Crippen LogP contribution in [0.5, 0.6) is 11.5 Å². The Morgan fingerprint density at radius 3 is 2.44 bits per heavy atom. The highest BCUT2D eigenvalue weighted by Crippen LogP contribution is 2.40. The van der Waals surface area contributed by atoms with Gasteiger partial charge in [0.2, 0.25) is 17.7 Å². The summed E-state index contributed by atoms with van der Waals surface area (Å²) >= 11 is 12.8. The Morgan fingerprint density at radius 2 is 1.78 bits per heavy atom. The molecule has 0 aliphatic rings. The quantitative estimate of drug-likeness (QED) is 0.351.